The van der Waals surface area contributed by atoms with Crippen LogP contribution in [0.25, 0.3) is 5.76 Å². The van der Waals surface area contributed by atoms with Crippen LogP contribution in [0, 0.1) is 6.92 Å². The third-order valence-electron chi connectivity index (χ3n) is 5.54. The largest absolute Gasteiger partial charge is 0.507 e. The van der Waals surface area contributed by atoms with Gasteiger partial charge in [0.15, 0.2) is 0 Å². The van der Waals surface area contributed by atoms with Crippen LogP contribution in [0.1, 0.15) is 29.2 Å². The molecule has 1 atom stereocenters. The van der Waals surface area contributed by atoms with Crippen LogP contribution in [0.4, 0.5) is 0 Å². The summed E-state index contributed by atoms with van der Waals surface area (Å²) in [4.78, 5) is 29.6. The zero-order chi connectivity index (χ0) is 24.1. The van der Waals surface area contributed by atoms with E-state index < -0.39 is 17.7 Å². The fourth-order valence-corrected chi connectivity index (χ4v) is 4.05. The summed E-state index contributed by atoms with van der Waals surface area (Å²) in [5.74, 6) is -0.855. The fourth-order valence-electron chi connectivity index (χ4n) is 3.92. The maximum absolute atomic E-state index is 13.1. The number of carbonyl (C=O) groups is 2. The lowest BCUT2D eigenvalue weighted by Gasteiger charge is -2.26. The van der Waals surface area contributed by atoms with Crippen LogP contribution in [0.3, 0.4) is 0 Å². The fraction of sp³-hybridized carbons (Fsp3) is 0.308. The van der Waals surface area contributed by atoms with E-state index in [1.54, 1.807) is 48.5 Å². The molecule has 0 spiro atoms. The number of hydrogen-bond donors (Lipinski definition) is 1. The van der Waals surface area contributed by atoms with Gasteiger partial charge in [-0.05, 0) is 75.4 Å². The van der Waals surface area contributed by atoms with Crippen molar-refractivity contribution in [3.8, 4) is 5.75 Å². The summed E-state index contributed by atoms with van der Waals surface area (Å²) in [6, 6.07) is 11.5. The Hall–Kier alpha value is -3.09. The van der Waals surface area contributed by atoms with Gasteiger partial charge in [-0.15, -0.1) is 0 Å². The molecule has 1 heterocycles. The summed E-state index contributed by atoms with van der Waals surface area (Å²) in [6.45, 7) is 7.01. The standard InChI is InChI=1S/C26H29ClN2O4/c1-5-15-33-21-12-9-19(16-17(21)2)24(30)22-23(18-7-10-20(27)11-8-18)29(26(32)25(22)31)14-6-13-28(3)4/h5,7-12,16,23,30H,1,6,13-15H2,2-4H3/t23-/m1/s1. The highest BCUT2D eigenvalue weighted by molar-refractivity contribution is 6.46. The number of ketones is 1. The zero-order valence-electron chi connectivity index (χ0n) is 19.2. The van der Waals surface area contributed by atoms with Crippen molar-refractivity contribution in [3.63, 3.8) is 0 Å². The number of Topliss-reactive ketones (excluding diaryl/α,β-unsaturated/α-hetero) is 1. The molecule has 0 radical (unpaired) electrons. The van der Waals surface area contributed by atoms with Crippen molar-refractivity contribution < 1.29 is 19.4 Å². The molecule has 1 aliphatic heterocycles. The van der Waals surface area contributed by atoms with Gasteiger partial charge in [0.25, 0.3) is 11.7 Å². The highest BCUT2D eigenvalue weighted by atomic mass is 35.5. The average molecular weight is 469 g/mol. The Labute approximate surface area is 199 Å². The molecule has 0 saturated carbocycles. The maximum atomic E-state index is 13.1. The lowest BCUT2D eigenvalue weighted by atomic mass is 9.94. The van der Waals surface area contributed by atoms with Crippen LogP contribution in [0.15, 0.2) is 60.7 Å². The van der Waals surface area contributed by atoms with Gasteiger partial charge in [-0.3, -0.25) is 9.59 Å². The summed E-state index contributed by atoms with van der Waals surface area (Å²) in [5, 5.41) is 11.8. The number of ether oxygens (including phenoxy) is 1. The van der Waals surface area contributed by atoms with Gasteiger partial charge in [0.1, 0.15) is 18.1 Å². The molecule has 2 aromatic rings. The Balaban J connectivity index is 2.06. The summed E-state index contributed by atoms with van der Waals surface area (Å²) in [7, 11) is 3.91. The third-order valence-corrected chi connectivity index (χ3v) is 5.79. The first-order valence-corrected chi connectivity index (χ1v) is 11.2. The molecule has 3 rings (SSSR count). The van der Waals surface area contributed by atoms with Gasteiger partial charge in [-0.2, -0.15) is 0 Å². The van der Waals surface area contributed by atoms with Crippen molar-refractivity contribution in [2.75, 3.05) is 33.8 Å². The normalized spacial score (nSPS) is 17.6. The first-order valence-electron chi connectivity index (χ1n) is 10.8. The quantitative estimate of drug-likeness (QED) is 0.252. The molecule has 1 fully saturated rings. The number of aliphatic hydroxyl groups is 1. The van der Waals surface area contributed by atoms with Crippen LogP contribution in [0.5, 0.6) is 5.75 Å². The van der Waals surface area contributed by atoms with Crippen molar-refractivity contribution in [2.45, 2.75) is 19.4 Å². The van der Waals surface area contributed by atoms with E-state index in [1.165, 1.54) is 4.90 Å². The van der Waals surface area contributed by atoms with Gasteiger partial charge in [0, 0.05) is 17.1 Å². The monoisotopic (exact) mass is 468 g/mol. The third kappa shape index (κ3) is 5.46. The number of amides is 1. The Kier molecular flexibility index (Phi) is 7.95. The van der Waals surface area contributed by atoms with E-state index in [0.29, 0.717) is 41.5 Å². The number of halogens is 1. The van der Waals surface area contributed by atoms with Crippen molar-refractivity contribution in [1.29, 1.82) is 0 Å². The smallest absolute Gasteiger partial charge is 0.295 e. The maximum Gasteiger partial charge on any atom is 0.295 e. The number of aliphatic hydroxyl groups excluding tert-OH is 1. The summed E-state index contributed by atoms with van der Waals surface area (Å²) in [6.07, 6.45) is 2.34. The molecule has 174 valence electrons. The van der Waals surface area contributed by atoms with Gasteiger partial charge in [0.2, 0.25) is 0 Å². The second-order valence-corrected chi connectivity index (χ2v) is 8.72. The number of nitrogens with zero attached hydrogens (tertiary/aromatic N) is 2. The molecule has 1 aliphatic rings. The molecule has 7 heteroatoms. The molecule has 0 aromatic heterocycles. The van der Waals surface area contributed by atoms with Crippen molar-refractivity contribution in [1.82, 2.24) is 9.80 Å². The van der Waals surface area contributed by atoms with Crippen LogP contribution >= 0.6 is 11.6 Å². The van der Waals surface area contributed by atoms with E-state index in [2.05, 4.69) is 6.58 Å². The first-order chi connectivity index (χ1) is 15.7. The highest BCUT2D eigenvalue weighted by Gasteiger charge is 2.45. The van der Waals surface area contributed by atoms with E-state index >= 15 is 0 Å². The number of benzene rings is 2. The Morgan fingerprint density at radius 2 is 1.91 bits per heavy atom. The molecule has 2 aromatic carbocycles. The Bertz CT molecular complexity index is 1080. The minimum Gasteiger partial charge on any atom is -0.507 e. The number of aryl methyl sites for hydroxylation is 1. The van der Waals surface area contributed by atoms with E-state index in [4.69, 9.17) is 16.3 Å². The van der Waals surface area contributed by atoms with Gasteiger partial charge in [0.05, 0.1) is 11.6 Å². The molecule has 1 saturated heterocycles. The molecular formula is C26H29ClN2O4. The lowest BCUT2D eigenvalue weighted by molar-refractivity contribution is -0.139. The number of hydrogen-bond acceptors (Lipinski definition) is 5. The predicted molar refractivity (Wildman–Crippen MR) is 131 cm³/mol. The van der Waals surface area contributed by atoms with Gasteiger partial charge in [-0.1, -0.05) is 36.4 Å². The van der Waals surface area contributed by atoms with Gasteiger partial charge in [-0.25, -0.2) is 0 Å². The minimum atomic E-state index is -0.693. The van der Waals surface area contributed by atoms with Crippen molar-refractivity contribution in [2.24, 2.45) is 0 Å². The van der Waals surface area contributed by atoms with Crippen LogP contribution < -0.4 is 4.74 Å². The second kappa shape index (κ2) is 10.7. The zero-order valence-corrected chi connectivity index (χ0v) is 19.9. The number of likely N-dealkylation sites (tertiary alicyclic amines) is 1. The first kappa shape index (κ1) is 24.6. The topological polar surface area (TPSA) is 70.1 Å². The van der Waals surface area contributed by atoms with E-state index in [1.807, 2.05) is 25.9 Å². The second-order valence-electron chi connectivity index (χ2n) is 8.28. The Morgan fingerprint density at radius 3 is 2.52 bits per heavy atom. The van der Waals surface area contributed by atoms with E-state index in [0.717, 1.165) is 12.1 Å². The summed E-state index contributed by atoms with van der Waals surface area (Å²) < 4.78 is 5.61. The van der Waals surface area contributed by atoms with Crippen LogP contribution in [0.2, 0.25) is 5.02 Å². The summed E-state index contributed by atoms with van der Waals surface area (Å²) in [5.41, 5.74) is 2.03. The SMILES string of the molecule is C=CCOc1ccc(C(O)=C2C(=O)C(=O)N(CCCN(C)C)[C@@H]2c2ccc(Cl)cc2)cc1C. The average Bonchev–Trinajstić information content (AvgIpc) is 3.03. The van der Waals surface area contributed by atoms with Crippen molar-refractivity contribution in [3.05, 3.63) is 82.4 Å². The van der Waals surface area contributed by atoms with E-state index in [9.17, 15) is 14.7 Å². The van der Waals surface area contributed by atoms with Gasteiger partial charge < -0.3 is 19.6 Å². The molecule has 6 nitrogen and oxygen atoms in total. The molecule has 0 aliphatic carbocycles. The minimum absolute atomic E-state index is 0.0753. The van der Waals surface area contributed by atoms with Crippen molar-refractivity contribution >= 4 is 29.1 Å². The molecule has 0 bridgehead atoms. The predicted octanol–water partition coefficient (Wildman–Crippen LogP) is 4.59. The number of rotatable bonds is 9. The Morgan fingerprint density at radius 1 is 1.21 bits per heavy atom. The number of carbonyl (C=O) groups excluding carboxylic acids is 2. The molecule has 1 N–H and O–H groups in total. The van der Waals surface area contributed by atoms with Gasteiger partial charge >= 0.3 is 0 Å². The van der Waals surface area contributed by atoms with Crippen LogP contribution in [-0.2, 0) is 9.59 Å². The molecule has 0 unspecified atom stereocenters. The van der Waals surface area contributed by atoms with Crippen LogP contribution in [-0.4, -0.2) is 60.4 Å². The highest BCUT2D eigenvalue weighted by Crippen LogP contribution is 2.40. The van der Waals surface area contributed by atoms with E-state index in [-0.39, 0.29) is 11.3 Å². The molecule has 1 amide bonds. The molecular weight excluding hydrogens is 440 g/mol. The molecule has 33 heavy (non-hydrogen) atoms. The summed E-state index contributed by atoms with van der Waals surface area (Å²) >= 11 is 6.06. The lowest BCUT2D eigenvalue weighted by Crippen LogP contribution is -2.32.